The van der Waals surface area contributed by atoms with Crippen LogP contribution in [0, 0.1) is 0 Å². The first-order valence-corrected chi connectivity index (χ1v) is 14.0. The van der Waals surface area contributed by atoms with Crippen LogP contribution in [-0.4, -0.2) is 66.0 Å². The lowest BCUT2D eigenvalue weighted by atomic mass is 9.89. The van der Waals surface area contributed by atoms with Crippen LogP contribution in [0.2, 0.25) is 0 Å². The first kappa shape index (κ1) is 33.0. The third kappa shape index (κ3) is 7.79. The van der Waals surface area contributed by atoms with Crippen LogP contribution in [0.15, 0.2) is 91.0 Å². The van der Waals surface area contributed by atoms with Gasteiger partial charge < -0.3 is 18.9 Å². The highest BCUT2D eigenvalue weighted by Gasteiger charge is 2.71. The van der Waals surface area contributed by atoms with Crippen LogP contribution in [0.5, 0.6) is 0 Å². The molecule has 0 bridgehead atoms. The Kier molecular flexibility index (Phi) is 10.8. The Hall–Kier alpha value is -4.91. The largest absolute Gasteiger partial charge is 0.464 e. The van der Waals surface area contributed by atoms with Crippen molar-refractivity contribution in [3.63, 3.8) is 0 Å². The van der Waals surface area contributed by atoms with Gasteiger partial charge in [0.1, 0.15) is 13.2 Å². The van der Waals surface area contributed by atoms with Crippen molar-refractivity contribution >= 4 is 24.1 Å². The Morgan fingerprint density at radius 3 is 1.93 bits per heavy atom. The van der Waals surface area contributed by atoms with E-state index >= 15 is 13.2 Å². The Morgan fingerprint density at radius 2 is 1.40 bits per heavy atom. The number of nitrogens with one attached hydrogen (secondary N) is 1. The molecule has 1 aliphatic rings. The number of imide groups is 1. The van der Waals surface area contributed by atoms with E-state index in [1.165, 1.54) is 19.1 Å². The van der Waals surface area contributed by atoms with Crippen molar-refractivity contribution in [3.8, 4) is 0 Å². The number of cyclic esters (lactones) is 1. The highest BCUT2D eigenvalue weighted by atomic mass is 19.4. The summed E-state index contributed by atoms with van der Waals surface area (Å²) in [5.74, 6) is -3.60. The van der Waals surface area contributed by atoms with Crippen LogP contribution in [-0.2, 0) is 48.2 Å². The van der Waals surface area contributed by atoms with Crippen molar-refractivity contribution in [1.82, 2.24) is 10.2 Å². The zero-order chi connectivity index (χ0) is 32.5. The molecule has 0 aromatic heterocycles. The van der Waals surface area contributed by atoms with Crippen LogP contribution in [0.1, 0.15) is 23.6 Å². The molecular formula is C32H31F3N2O8. The monoisotopic (exact) mass is 628 g/mol. The number of hydrogen-bond acceptors (Lipinski definition) is 8. The quantitative estimate of drug-likeness (QED) is 0.221. The van der Waals surface area contributed by atoms with Gasteiger partial charge in [-0.05, 0) is 30.0 Å². The number of alkyl halides is 3. The third-order valence-corrected chi connectivity index (χ3v) is 6.95. The summed E-state index contributed by atoms with van der Waals surface area (Å²) >= 11 is 0. The molecule has 0 unspecified atom stereocenters. The van der Waals surface area contributed by atoms with Gasteiger partial charge in [0.05, 0.1) is 19.3 Å². The fourth-order valence-corrected chi connectivity index (χ4v) is 4.75. The smallest absolute Gasteiger partial charge is 0.425 e. The standard InChI is InChI=1S/C32H31F3N2O8/c1-2-42-28(39)31(32(33,34)35,36-29(40)44-20-24-16-10-5-11-17-24)26(43-19-23-14-8-4-9-15-23)27(38)37-25(21-45-30(37)41)18-22-12-6-3-7-13-22/h3-17,25-26H,2,18-21H2,1H3,(H,36,40)/t25-,26-,31+/m0/s1. The summed E-state index contributed by atoms with van der Waals surface area (Å²) in [7, 11) is 0. The van der Waals surface area contributed by atoms with Gasteiger partial charge in [-0.15, -0.1) is 0 Å². The van der Waals surface area contributed by atoms with Crippen LogP contribution in [0.4, 0.5) is 22.8 Å². The molecule has 3 atom stereocenters. The second kappa shape index (κ2) is 14.7. The molecule has 3 aromatic rings. The number of rotatable bonds is 12. The number of halogens is 3. The molecule has 13 heteroatoms. The van der Waals surface area contributed by atoms with Crippen molar-refractivity contribution in [1.29, 1.82) is 0 Å². The van der Waals surface area contributed by atoms with E-state index in [4.69, 9.17) is 18.9 Å². The van der Waals surface area contributed by atoms with E-state index in [0.29, 0.717) is 21.6 Å². The van der Waals surface area contributed by atoms with Gasteiger partial charge in [0.25, 0.3) is 11.4 Å². The molecule has 0 radical (unpaired) electrons. The van der Waals surface area contributed by atoms with E-state index in [9.17, 15) is 19.2 Å². The fourth-order valence-electron chi connectivity index (χ4n) is 4.75. The lowest BCUT2D eigenvalue weighted by molar-refractivity contribution is -0.239. The number of amides is 3. The molecule has 3 amide bonds. The molecule has 3 aromatic carbocycles. The number of alkyl carbamates (subject to hydrolysis) is 1. The number of ether oxygens (including phenoxy) is 4. The minimum atomic E-state index is -5.69. The maximum atomic E-state index is 15.3. The van der Waals surface area contributed by atoms with Gasteiger partial charge in [0.2, 0.25) is 0 Å². The highest BCUT2D eigenvalue weighted by molar-refractivity contribution is 6.02. The normalized spacial score (nSPS) is 16.7. The number of hydrogen-bond donors (Lipinski definition) is 1. The number of nitrogens with zero attached hydrogens (tertiary/aromatic N) is 1. The summed E-state index contributed by atoms with van der Waals surface area (Å²) < 4.78 is 66.4. The van der Waals surface area contributed by atoms with E-state index in [1.54, 1.807) is 84.2 Å². The van der Waals surface area contributed by atoms with Gasteiger partial charge in [0, 0.05) is 0 Å². The summed E-state index contributed by atoms with van der Waals surface area (Å²) in [5, 5.41) is 1.56. The Labute approximate surface area is 257 Å². The lowest BCUT2D eigenvalue weighted by Gasteiger charge is -2.39. The van der Waals surface area contributed by atoms with E-state index in [2.05, 4.69) is 0 Å². The average molecular weight is 629 g/mol. The minimum absolute atomic E-state index is 0.0364. The van der Waals surface area contributed by atoms with Crippen molar-refractivity contribution in [2.75, 3.05) is 13.2 Å². The molecule has 0 saturated carbocycles. The Bertz CT molecular complexity index is 1460. The second-order valence-electron chi connectivity index (χ2n) is 10.0. The van der Waals surface area contributed by atoms with Gasteiger partial charge in [-0.25, -0.2) is 19.3 Å². The number of carbonyl (C=O) groups is 4. The zero-order valence-electron chi connectivity index (χ0n) is 24.2. The van der Waals surface area contributed by atoms with Crippen molar-refractivity contribution in [2.24, 2.45) is 0 Å². The van der Waals surface area contributed by atoms with E-state index in [0.717, 1.165) is 0 Å². The summed E-state index contributed by atoms with van der Waals surface area (Å²) in [6.07, 6.45) is -11.4. The first-order valence-electron chi connectivity index (χ1n) is 14.0. The summed E-state index contributed by atoms with van der Waals surface area (Å²) in [6.45, 7) is -0.677. The molecule has 0 aliphatic carbocycles. The molecule has 1 heterocycles. The fraction of sp³-hybridized carbons (Fsp3) is 0.312. The maximum Gasteiger partial charge on any atom is 0.425 e. The maximum absolute atomic E-state index is 15.3. The molecule has 1 saturated heterocycles. The van der Waals surface area contributed by atoms with Gasteiger partial charge >= 0.3 is 24.3 Å². The second-order valence-corrected chi connectivity index (χ2v) is 10.0. The van der Waals surface area contributed by atoms with Crippen LogP contribution in [0.25, 0.3) is 0 Å². The van der Waals surface area contributed by atoms with Gasteiger partial charge in [-0.3, -0.25) is 10.1 Å². The zero-order valence-corrected chi connectivity index (χ0v) is 24.2. The molecule has 238 valence electrons. The van der Waals surface area contributed by atoms with Crippen LogP contribution in [0.3, 0.4) is 0 Å². The summed E-state index contributed by atoms with van der Waals surface area (Å²) in [4.78, 5) is 53.8. The molecule has 1 fully saturated rings. The number of benzene rings is 3. The molecular weight excluding hydrogens is 597 g/mol. The van der Waals surface area contributed by atoms with Gasteiger partial charge in [0.15, 0.2) is 6.10 Å². The molecule has 10 nitrogen and oxygen atoms in total. The third-order valence-electron chi connectivity index (χ3n) is 6.95. The SMILES string of the molecule is CCOC(=O)[C@](NC(=O)OCc1ccccc1)([C@@H](OCc1ccccc1)C(=O)N1C(=O)OC[C@@H]1Cc1ccccc1)C(F)(F)F. The lowest BCUT2D eigenvalue weighted by Crippen LogP contribution is -2.74. The topological polar surface area (TPSA) is 120 Å². The van der Waals surface area contributed by atoms with Gasteiger partial charge in [-0.2, -0.15) is 13.2 Å². The van der Waals surface area contributed by atoms with Crippen molar-refractivity contribution < 1.29 is 51.3 Å². The van der Waals surface area contributed by atoms with Crippen LogP contribution < -0.4 is 5.32 Å². The molecule has 0 spiro atoms. The molecule has 1 N–H and O–H groups in total. The van der Waals surface area contributed by atoms with E-state index < -0.39 is 67.7 Å². The molecule has 4 rings (SSSR count). The molecule has 1 aliphatic heterocycles. The van der Waals surface area contributed by atoms with Crippen LogP contribution >= 0.6 is 0 Å². The Morgan fingerprint density at radius 1 is 0.867 bits per heavy atom. The highest BCUT2D eigenvalue weighted by Crippen LogP contribution is 2.38. The van der Waals surface area contributed by atoms with Crippen molar-refractivity contribution in [3.05, 3.63) is 108 Å². The number of carbonyl (C=O) groups excluding carboxylic acids is 4. The average Bonchev–Trinajstić information content (AvgIpc) is 3.39. The minimum Gasteiger partial charge on any atom is -0.464 e. The summed E-state index contributed by atoms with van der Waals surface area (Å²) in [5.41, 5.74) is -2.69. The van der Waals surface area contributed by atoms with E-state index in [-0.39, 0.29) is 13.0 Å². The Balaban J connectivity index is 1.76. The number of esters is 1. The summed E-state index contributed by atoms with van der Waals surface area (Å²) in [6, 6.07) is 23.5. The van der Waals surface area contributed by atoms with Gasteiger partial charge in [-0.1, -0.05) is 91.0 Å². The molecule has 45 heavy (non-hydrogen) atoms. The van der Waals surface area contributed by atoms with Crippen molar-refractivity contribution in [2.45, 2.75) is 50.4 Å². The predicted octanol–water partition coefficient (Wildman–Crippen LogP) is 4.95. The first-order chi connectivity index (χ1) is 21.6. The predicted molar refractivity (Wildman–Crippen MR) is 152 cm³/mol. The van der Waals surface area contributed by atoms with E-state index in [1.807, 2.05) is 0 Å².